The molecule has 0 saturated heterocycles. The van der Waals surface area contributed by atoms with E-state index >= 15 is 0 Å². The van der Waals surface area contributed by atoms with Crippen molar-refractivity contribution < 1.29 is 19.0 Å². The highest BCUT2D eigenvalue weighted by Gasteiger charge is 2.02. The molecule has 0 atom stereocenters. The molecule has 0 unspecified atom stereocenters. The van der Waals surface area contributed by atoms with Crippen molar-refractivity contribution in [3.63, 3.8) is 0 Å². The van der Waals surface area contributed by atoms with Gasteiger partial charge in [0.25, 0.3) is 0 Å². The molecule has 0 bridgehead atoms. The van der Waals surface area contributed by atoms with Gasteiger partial charge in [-0.1, -0.05) is 30.3 Å². The van der Waals surface area contributed by atoms with Gasteiger partial charge >= 0.3 is 5.97 Å². The van der Waals surface area contributed by atoms with Gasteiger partial charge in [0.1, 0.15) is 13.2 Å². The average Bonchev–Trinajstić information content (AvgIpc) is 2.37. The molecular formula is C13H18O4. The number of carbonyl (C=O) groups excluding carboxylic acids is 1. The maximum atomic E-state index is 11.3. The summed E-state index contributed by atoms with van der Waals surface area (Å²) >= 11 is 0. The van der Waals surface area contributed by atoms with E-state index in [-0.39, 0.29) is 19.2 Å². The summed E-state index contributed by atoms with van der Waals surface area (Å²) in [6.45, 7) is 3.74. The number of ether oxygens (including phenoxy) is 3. The lowest BCUT2D eigenvalue weighted by Crippen LogP contribution is -2.15. The van der Waals surface area contributed by atoms with Crippen LogP contribution < -0.4 is 0 Å². The number of hydrogen-bond acceptors (Lipinski definition) is 4. The Bertz CT molecular complexity index is 310. The largest absolute Gasteiger partial charge is 0.459 e. The fraction of sp³-hybridized carbons (Fsp3) is 0.462. The van der Waals surface area contributed by atoms with E-state index in [0.717, 1.165) is 5.56 Å². The minimum absolute atomic E-state index is 0.0279. The van der Waals surface area contributed by atoms with Crippen LogP contribution in [0, 0.1) is 0 Å². The predicted molar refractivity (Wildman–Crippen MR) is 63.6 cm³/mol. The summed E-state index contributed by atoms with van der Waals surface area (Å²) in [5.41, 5.74) is 0.968. The molecule has 94 valence electrons. The topological polar surface area (TPSA) is 44.8 Å². The van der Waals surface area contributed by atoms with Crippen LogP contribution in [0.4, 0.5) is 0 Å². The number of benzene rings is 1. The molecule has 1 aromatic carbocycles. The van der Waals surface area contributed by atoms with Crippen LogP contribution in [0.15, 0.2) is 30.3 Å². The van der Waals surface area contributed by atoms with Crippen LogP contribution in [0.5, 0.6) is 0 Å². The van der Waals surface area contributed by atoms with E-state index in [1.807, 2.05) is 37.3 Å². The minimum Gasteiger partial charge on any atom is -0.459 e. The van der Waals surface area contributed by atoms with Gasteiger partial charge in [0.15, 0.2) is 0 Å². The van der Waals surface area contributed by atoms with E-state index in [4.69, 9.17) is 14.2 Å². The van der Waals surface area contributed by atoms with Crippen molar-refractivity contribution in [3.8, 4) is 0 Å². The van der Waals surface area contributed by atoms with Gasteiger partial charge in [-0.25, -0.2) is 4.79 Å². The first kappa shape index (κ1) is 13.7. The molecule has 0 spiro atoms. The lowest BCUT2D eigenvalue weighted by Gasteiger charge is -2.06. The normalized spacial score (nSPS) is 10.2. The molecule has 0 heterocycles. The lowest BCUT2D eigenvalue weighted by atomic mass is 10.2. The summed E-state index contributed by atoms with van der Waals surface area (Å²) in [6, 6.07) is 9.54. The molecule has 4 heteroatoms. The fourth-order valence-electron chi connectivity index (χ4n) is 1.20. The number of carbonyl (C=O) groups is 1. The van der Waals surface area contributed by atoms with Gasteiger partial charge in [-0.3, -0.25) is 0 Å². The standard InChI is InChI=1S/C13H18O4/c1-2-15-8-9-16-11-13(14)17-10-12-6-4-3-5-7-12/h3-7H,2,8-11H2,1H3. The molecular weight excluding hydrogens is 220 g/mol. The van der Waals surface area contributed by atoms with Gasteiger partial charge in [-0.05, 0) is 12.5 Å². The van der Waals surface area contributed by atoms with Crippen LogP contribution >= 0.6 is 0 Å². The van der Waals surface area contributed by atoms with E-state index in [9.17, 15) is 4.79 Å². The highest BCUT2D eigenvalue weighted by molar-refractivity contribution is 5.70. The van der Waals surface area contributed by atoms with Crippen molar-refractivity contribution in [2.75, 3.05) is 26.4 Å². The Balaban J connectivity index is 2.05. The lowest BCUT2D eigenvalue weighted by molar-refractivity contribution is -0.150. The van der Waals surface area contributed by atoms with Crippen LogP contribution in [0.2, 0.25) is 0 Å². The molecule has 1 aromatic rings. The van der Waals surface area contributed by atoms with Crippen LogP contribution in [-0.2, 0) is 25.6 Å². The Morgan fingerprint density at radius 3 is 2.53 bits per heavy atom. The third-order valence-electron chi connectivity index (χ3n) is 2.04. The Morgan fingerprint density at radius 2 is 1.82 bits per heavy atom. The molecule has 0 saturated carbocycles. The molecule has 0 aliphatic carbocycles. The molecule has 0 aromatic heterocycles. The quantitative estimate of drug-likeness (QED) is 0.511. The second-order valence-corrected chi connectivity index (χ2v) is 3.40. The van der Waals surface area contributed by atoms with Crippen molar-refractivity contribution >= 4 is 5.97 Å². The number of hydrogen-bond donors (Lipinski definition) is 0. The molecule has 0 aliphatic rings. The van der Waals surface area contributed by atoms with Crippen molar-refractivity contribution in [1.29, 1.82) is 0 Å². The molecule has 1 rings (SSSR count). The second kappa shape index (κ2) is 8.73. The van der Waals surface area contributed by atoms with Crippen LogP contribution in [0.25, 0.3) is 0 Å². The Kier molecular flexibility index (Phi) is 7.02. The van der Waals surface area contributed by atoms with E-state index < -0.39 is 0 Å². The Hall–Kier alpha value is -1.39. The molecule has 0 N–H and O–H groups in total. The third-order valence-corrected chi connectivity index (χ3v) is 2.04. The van der Waals surface area contributed by atoms with Crippen LogP contribution in [0.1, 0.15) is 12.5 Å². The third kappa shape index (κ3) is 6.71. The summed E-state index contributed by atoms with van der Waals surface area (Å²) in [5.74, 6) is -0.356. The smallest absolute Gasteiger partial charge is 0.332 e. The van der Waals surface area contributed by atoms with Gasteiger partial charge in [0.2, 0.25) is 0 Å². The van der Waals surface area contributed by atoms with E-state index in [0.29, 0.717) is 19.8 Å². The monoisotopic (exact) mass is 238 g/mol. The summed E-state index contributed by atoms with van der Waals surface area (Å²) in [6.07, 6.45) is 0. The van der Waals surface area contributed by atoms with Crippen LogP contribution in [0.3, 0.4) is 0 Å². The van der Waals surface area contributed by atoms with Crippen molar-refractivity contribution in [3.05, 3.63) is 35.9 Å². The number of esters is 1. The molecule has 0 radical (unpaired) electrons. The SMILES string of the molecule is CCOCCOCC(=O)OCc1ccccc1. The molecule has 0 aliphatic heterocycles. The Morgan fingerprint density at radius 1 is 1.12 bits per heavy atom. The van der Waals surface area contributed by atoms with Gasteiger partial charge < -0.3 is 14.2 Å². The summed E-state index contributed by atoms with van der Waals surface area (Å²) in [4.78, 5) is 11.3. The minimum atomic E-state index is -0.356. The Labute approximate surface area is 101 Å². The molecule has 0 fully saturated rings. The molecule has 4 nitrogen and oxygen atoms in total. The first-order chi connectivity index (χ1) is 8.33. The first-order valence-electron chi connectivity index (χ1n) is 5.68. The van der Waals surface area contributed by atoms with Crippen molar-refractivity contribution in [1.82, 2.24) is 0 Å². The fourth-order valence-corrected chi connectivity index (χ4v) is 1.20. The maximum absolute atomic E-state index is 11.3. The molecule has 0 amide bonds. The highest BCUT2D eigenvalue weighted by atomic mass is 16.6. The predicted octanol–water partition coefficient (Wildman–Crippen LogP) is 1.78. The van der Waals surface area contributed by atoms with Gasteiger partial charge in [0, 0.05) is 6.61 Å². The molecule has 17 heavy (non-hydrogen) atoms. The van der Waals surface area contributed by atoms with Crippen molar-refractivity contribution in [2.45, 2.75) is 13.5 Å². The van der Waals surface area contributed by atoms with E-state index in [1.54, 1.807) is 0 Å². The zero-order valence-electron chi connectivity index (χ0n) is 10.1. The zero-order valence-corrected chi connectivity index (χ0v) is 10.1. The summed E-state index contributed by atoms with van der Waals surface area (Å²) < 4.78 is 15.2. The van der Waals surface area contributed by atoms with Gasteiger partial charge in [-0.2, -0.15) is 0 Å². The maximum Gasteiger partial charge on any atom is 0.332 e. The highest BCUT2D eigenvalue weighted by Crippen LogP contribution is 2.00. The van der Waals surface area contributed by atoms with Gasteiger partial charge in [0.05, 0.1) is 13.2 Å². The number of rotatable bonds is 8. The second-order valence-electron chi connectivity index (χ2n) is 3.40. The van der Waals surface area contributed by atoms with Crippen molar-refractivity contribution in [2.24, 2.45) is 0 Å². The summed E-state index contributed by atoms with van der Waals surface area (Å²) in [7, 11) is 0. The van der Waals surface area contributed by atoms with E-state index in [2.05, 4.69) is 0 Å². The zero-order chi connectivity index (χ0) is 12.3. The average molecular weight is 238 g/mol. The van der Waals surface area contributed by atoms with Gasteiger partial charge in [-0.15, -0.1) is 0 Å². The summed E-state index contributed by atoms with van der Waals surface area (Å²) in [5, 5.41) is 0. The van der Waals surface area contributed by atoms with E-state index in [1.165, 1.54) is 0 Å². The van der Waals surface area contributed by atoms with Crippen LogP contribution in [-0.4, -0.2) is 32.4 Å². The first-order valence-corrected chi connectivity index (χ1v) is 5.68.